The Kier molecular flexibility index (Phi) is 4.88. The van der Waals surface area contributed by atoms with E-state index in [0.29, 0.717) is 0 Å². The van der Waals surface area contributed by atoms with Gasteiger partial charge >= 0.3 is 0 Å². The van der Waals surface area contributed by atoms with Gasteiger partial charge in [-0.2, -0.15) is 0 Å². The van der Waals surface area contributed by atoms with E-state index in [0.717, 1.165) is 37.7 Å². The molecule has 0 aromatic heterocycles. The molecule has 1 aliphatic carbocycles. The molecular weight excluding hydrogens is 265 g/mol. The molecule has 116 valence electrons. The maximum Gasteiger partial charge on any atom is 0.127 e. The van der Waals surface area contributed by atoms with Crippen LogP contribution in [-0.4, -0.2) is 55.6 Å². The van der Waals surface area contributed by atoms with E-state index in [-0.39, 0.29) is 11.9 Å². The zero-order valence-corrected chi connectivity index (χ0v) is 12.9. The number of hydrogen-bond donors (Lipinski definition) is 1. The molecule has 1 heterocycles. The molecule has 21 heavy (non-hydrogen) atoms. The van der Waals surface area contributed by atoms with Gasteiger partial charge in [0.25, 0.3) is 0 Å². The second kappa shape index (κ2) is 6.86. The highest BCUT2D eigenvalue weighted by atomic mass is 19.1. The van der Waals surface area contributed by atoms with Crippen LogP contribution in [-0.2, 0) is 0 Å². The van der Waals surface area contributed by atoms with Crippen molar-refractivity contribution >= 4 is 0 Å². The minimum absolute atomic E-state index is 0.101. The predicted molar refractivity (Wildman–Crippen MR) is 83.9 cm³/mol. The number of hydrogen-bond acceptors (Lipinski definition) is 3. The summed E-state index contributed by atoms with van der Waals surface area (Å²) in [6, 6.07) is 8.10. The van der Waals surface area contributed by atoms with Crippen LogP contribution in [0.1, 0.15) is 30.9 Å². The number of rotatable bonds is 6. The van der Waals surface area contributed by atoms with Crippen LogP contribution in [0.3, 0.4) is 0 Å². The van der Waals surface area contributed by atoms with Gasteiger partial charge in [0.2, 0.25) is 0 Å². The molecule has 1 aliphatic heterocycles. The molecule has 1 saturated carbocycles. The van der Waals surface area contributed by atoms with E-state index in [1.165, 1.54) is 25.9 Å². The van der Waals surface area contributed by atoms with E-state index >= 15 is 0 Å². The first-order valence-electron chi connectivity index (χ1n) is 8.16. The van der Waals surface area contributed by atoms with Gasteiger partial charge in [0, 0.05) is 50.4 Å². The highest BCUT2D eigenvalue weighted by Crippen LogP contribution is 2.27. The van der Waals surface area contributed by atoms with E-state index in [1.54, 1.807) is 12.1 Å². The van der Waals surface area contributed by atoms with Gasteiger partial charge in [-0.15, -0.1) is 0 Å². The topological polar surface area (TPSA) is 18.5 Å². The third kappa shape index (κ3) is 3.82. The normalized spacial score (nSPS) is 22.4. The number of benzene rings is 1. The fourth-order valence-electron chi connectivity index (χ4n) is 3.32. The zero-order chi connectivity index (χ0) is 14.7. The lowest BCUT2D eigenvalue weighted by Gasteiger charge is -2.35. The lowest BCUT2D eigenvalue weighted by molar-refractivity contribution is 0.123. The van der Waals surface area contributed by atoms with Crippen molar-refractivity contribution in [2.45, 2.75) is 31.3 Å². The third-order valence-electron chi connectivity index (χ3n) is 4.83. The summed E-state index contributed by atoms with van der Waals surface area (Å²) in [5.74, 6) is -0.101. The fourth-order valence-corrected chi connectivity index (χ4v) is 3.32. The molecule has 1 aromatic rings. The summed E-state index contributed by atoms with van der Waals surface area (Å²) < 4.78 is 13.9. The molecule has 1 atom stereocenters. The Bertz CT molecular complexity index is 453. The molecule has 0 amide bonds. The average molecular weight is 291 g/mol. The van der Waals surface area contributed by atoms with Crippen LogP contribution in [0.5, 0.6) is 0 Å². The van der Waals surface area contributed by atoms with Gasteiger partial charge in [-0.05, 0) is 32.4 Å². The first-order valence-corrected chi connectivity index (χ1v) is 8.16. The summed E-state index contributed by atoms with van der Waals surface area (Å²) in [4.78, 5) is 5.15. The summed E-state index contributed by atoms with van der Waals surface area (Å²) in [5.41, 5.74) is 0.789. The van der Waals surface area contributed by atoms with E-state index in [4.69, 9.17) is 0 Å². The fraction of sp³-hybridized carbons (Fsp3) is 0.647. The molecular formula is C17H26FN3. The quantitative estimate of drug-likeness (QED) is 0.867. The monoisotopic (exact) mass is 291 g/mol. The average Bonchev–Trinajstić information content (AvgIpc) is 3.35. The van der Waals surface area contributed by atoms with Crippen LogP contribution in [0.15, 0.2) is 24.3 Å². The molecule has 2 aliphatic rings. The summed E-state index contributed by atoms with van der Waals surface area (Å²) in [5, 5.41) is 3.26. The largest absolute Gasteiger partial charge is 0.313 e. The van der Waals surface area contributed by atoms with Crippen molar-refractivity contribution in [2.24, 2.45) is 0 Å². The second-order valence-electron chi connectivity index (χ2n) is 6.26. The van der Waals surface area contributed by atoms with Crippen molar-refractivity contribution in [3.05, 3.63) is 35.6 Å². The minimum atomic E-state index is -0.101. The lowest BCUT2D eigenvalue weighted by atomic mass is 10.0. The number of nitrogens with one attached hydrogen (secondary N) is 1. The van der Waals surface area contributed by atoms with E-state index in [1.807, 2.05) is 19.2 Å². The van der Waals surface area contributed by atoms with Crippen molar-refractivity contribution in [3.8, 4) is 0 Å². The van der Waals surface area contributed by atoms with Gasteiger partial charge in [-0.1, -0.05) is 18.2 Å². The zero-order valence-electron chi connectivity index (χ0n) is 12.9. The van der Waals surface area contributed by atoms with Gasteiger partial charge in [0.05, 0.1) is 0 Å². The molecule has 1 saturated heterocycles. The first-order chi connectivity index (χ1) is 10.3. The Labute approximate surface area is 127 Å². The molecule has 4 heteroatoms. The van der Waals surface area contributed by atoms with Gasteiger partial charge in [-0.3, -0.25) is 4.90 Å². The Balaban J connectivity index is 1.48. The first kappa shape index (κ1) is 14.9. The van der Waals surface area contributed by atoms with E-state index in [9.17, 15) is 4.39 Å². The molecule has 1 aromatic carbocycles. The minimum Gasteiger partial charge on any atom is -0.313 e. The van der Waals surface area contributed by atoms with Crippen molar-refractivity contribution in [3.63, 3.8) is 0 Å². The third-order valence-corrected chi connectivity index (χ3v) is 4.83. The van der Waals surface area contributed by atoms with Crippen molar-refractivity contribution < 1.29 is 4.39 Å². The standard InChI is InChI=1S/C17H26FN3/c1-19-17(15-4-2-3-5-16(15)18)8-9-20-10-12-21(13-11-20)14-6-7-14/h2-5,14,17,19H,6-13H2,1H3. The maximum atomic E-state index is 13.9. The Morgan fingerprint density at radius 3 is 2.52 bits per heavy atom. The summed E-state index contributed by atoms with van der Waals surface area (Å²) in [7, 11) is 1.92. The van der Waals surface area contributed by atoms with E-state index < -0.39 is 0 Å². The second-order valence-corrected chi connectivity index (χ2v) is 6.26. The molecule has 0 radical (unpaired) electrons. The molecule has 3 rings (SSSR count). The number of piperazine rings is 1. The van der Waals surface area contributed by atoms with Crippen LogP contribution in [0, 0.1) is 5.82 Å². The van der Waals surface area contributed by atoms with Gasteiger partial charge in [0.15, 0.2) is 0 Å². The summed E-state index contributed by atoms with van der Waals surface area (Å²) in [6.45, 7) is 5.76. The molecule has 0 bridgehead atoms. The van der Waals surface area contributed by atoms with Crippen molar-refractivity contribution in [2.75, 3.05) is 39.8 Å². The van der Waals surface area contributed by atoms with E-state index in [2.05, 4.69) is 15.1 Å². The van der Waals surface area contributed by atoms with Gasteiger partial charge in [0.1, 0.15) is 5.82 Å². The highest BCUT2D eigenvalue weighted by molar-refractivity contribution is 5.21. The smallest absolute Gasteiger partial charge is 0.127 e. The van der Waals surface area contributed by atoms with Crippen LogP contribution in [0.4, 0.5) is 4.39 Å². The van der Waals surface area contributed by atoms with Crippen LogP contribution in [0.25, 0.3) is 0 Å². The lowest BCUT2D eigenvalue weighted by Crippen LogP contribution is -2.47. The Hall–Kier alpha value is -0.970. The Morgan fingerprint density at radius 1 is 1.19 bits per heavy atom. The molecule has 1 N–H and O–H groups in total. The van der Waals surface area contributed by atoms with Crippen LogP contribution >= 0.6 is 0 Å². The van der Waals surface area contributed by atoms with Crippen molar-refractivity contribution in [1.29, 1.82) is 0 Å². The number of halogens is 1. The van der Waals surface area contributed by atoms with Crippen LogP contribution < -0.4 is 5.32 Å². The number of nitrogens with zero attached hydrogens (tertiary/aromatic N) is 2. The Morgan fingerprint density at radius 2 is 1.90 bits per heavy atom. The van der Waals surface area contributed by atoms with Crippen molar-refractivity contribution in [1.82, 2.24) is 15.1 Å². The molecule has 0 spiro atoms. The molecule has 2 fully saturated rings. The molecule has 3 nitrogen and oxygen atoms in total. The highest BCUT2D eigenvalue weighted by Gasteiger charge is 2.31. The van der Waals surface area contributed by atoms with Gasteiger partial charge in [-0.25, -0.2) is 4.39 Å². The SMILES string of the molecule is CNC(CCN1CCN(C2CC2)CC1)c1ccccc1F. The summed E-state index contributed by atoms with van der Waals surface area (Å²) in [6.07, 6.45) is 3.76. The maximum absolute atomic E-state index is 13.9. The predicted octanol–water partition coefficient (Wildman–Crippen LogP) is 2.26. The van der Waals surface area contributed by atoms with Gasteiger partial charge < -0.3 is 10.2 Å². The summed E-state index contributed by atoms with van der Waals surface area (Å²) >= 11 is 0. The van der Waals surface area contributed by atoms with Crippen LogP contribution in [0.2, 0.25) is 0 Å². The molecule has 1 unspecified atom stereocenters.